The zero-order valence-electron chi connectivity index (χ0n) is 19.2. The minimum atomic E-state index is -4.94. The summed E-state index contributed by atoms with van der Waals surface area (Å²) in [5.41, 5.74) is 9.14. The number of aryl methyl sites for hydroxylation is 2. The van der Waals surface area contributed by atoms with Crippen LogP contribution in [0.25, 0.3) is 44.5 Å². The second kappa shape index (κ2) is 10.4. The van der Waals surface area contributed by atoms with Gasteiger partial charge in [-0.05, 0) is 54.8 Å². The topological polar surface area (TPSA) is 104 Å². The van der Waals surface area contributed by atoms with Crippen LogP contribution in [0.5, 0.6) is 0 Å². The molecule has 0 radical (unpaired) electrons. The van der Waals surface area contributed by atoms with Crippen molar-refractivity contribution in [1.29, 1.82) is 0 Å². The van der Waals surface area contributed by atoms with Crippen molar-refractivity contribution in [3.63, 3.8) is 0 Å². The minimum Gasteiger partial charge on any atom is -0.222 e. The largest absolute Gasteiger partial charge is 0.369 e. The number of rotatable bonds is 3. The number of halogens is 1. The van der Waals surface area contributed by atoms with E-state index in [4.69, 9.17) is 23.1 Å². The molecule has 0 spiro atoms. The van der Waals surface area contributed by atoms with Gasteiger partial charge in [0.25, 0.3) is 0 Å². The fourth-order valence-corrected chi connectivity index (χ4v) is 4.03. The van der Waals surface area contributed by atoms with Gasteiger partial charge in [0.1, 0.15) is 0 Å². The lowest BCUT2D eigenvalue weighted by Crippen LogP contribution is -2.68. The van der Waals surface area contributed by atoms with Crippen molar-refractivity contribution in [2.45, 2.75) is 13.8 Å². The molecule has 176 valence electrons. The van der Waals surface area contributed by atoms with Gasteiger partial charge in [0.05, 0.1) is 16.5 Å². The van der Waals surface area contributed by atoms with E-state index in [2.05, 4.69) is 111 Å². The Labute approximate surface area is 205 Å². The lowest BCUT2D eigenvalue weighted by atomic mass is 9.88. The third-order valence-electron chi connectivity index (χ3n) is 5.53. The lowest BCUT2D eigenvalue weighted by molar-refractivity contribution is -2.00. The third-order valence-corrected chi connectivity index (χ3v) is 5.53. The highest BCUT2D eigenvalue weighted by atomic mass is 35.7. The molecule has 5 rings (SSSR count). The summed E-state index contributed by atoms with van der Waals surface area (Å²) in [6.07, 6.45) is 0. The molecule has 0 amide bonds. The Bertz CT molecular complexity index is 1420. The number of fused-ring (bicyclic) bond motifs is 1. The summed E-state index contributed by atoms with van der Waals surface area (Å²) in [7, 11) is -4.94. The Morgan fingerprint density at radius 2 is 1.03 bits per heavy atom. The molecule has 0 atom stereocenters. The molecule has 5 nitrogen and oxygen atoms in total. The highest BCUT2D eigenvalue weighted by molar-refractivity contribution is 6.05. The summed E-state index contributed by atoms with van der Waals surface area (Å²) in [6.45, 7) is 4.26. The van der Waals surface area contributed by atoms with Crippen molar-refractivity contribution in [1.82, 2.24) is 0 Å². The van der Waals surface area contributed by atoms with Crippen molar-refractivity contribution in [2.24, 2.45) is 0 Å². The smallest absolute Gasteiger partial charge is 0.222 e. The molecule has 0 saturated carbocycles. The average Bonchev–Trinajstić information content (AvgIpc) is 2.84. The maximum absolute atomic E-state index is 8.49. The van der Waals surface area contributed by atoms with Crippen LogP contribution in [0.15, 0.2) is 108 Å². The minimum absolute atomic E-state index is 0.897. The van der Waals surface area contributed by atoms with Gasteiger partial charge in [-0.2, -0.15) is 0 Å². The summed E-state index contributed by atoms with van der Waals surface area (Å²) in [5, 5.41) is 1.14. The van der Waals surface area contributed by atoms with Crippen LogP contribution in [-0.2, 0) is 0 Å². The van der Waals surface area contributed by atoms with E-state index >= 15 is 0 Å². The molecule has 1 heterocycles. The monoisotopic (exact) mass is 486 g/mol. The van der Waals surface area contributed by atoms with Gasteiger partial charge in [0.15, 0.2) is 0 Å². The zero-order chi connectivity index (χ0) is 25.0. The van der Waals surface area contributed by atoms with Crippen LogP contribution in [0, 0.1) is 24.1 Å². The van der Waals surface area contributed by atoms with Crippen LogP contribution >= 0.6 is 0 Å². The van der Waals surface area contributed by atoms with Crippen LogP contribution in [0.2, 0.25) is 0 Å². The van der Waals surface area contributed by atoms with Crippen molar-refractivity contribution < 1.29 is 33.3 Å². The molecule has 0 aliphatic carbocycles. The zero-order valence-corrected chi connectivity index (χ0v) is 20.0. The van der Waals surface area contributed by atoms with Crippen LogP contribution in [0.4, 0.5) is 0 Å². The predicted molar refractivity (Wildman–Crippen MR) is 126 cm³/mol. The van der Waals surface area contributed by atoms with Crippen LogP contribution in [-0.4, -0.2) is 0 Å². The third kappa shape index (κ3) is 6.11. The second-order valence-electron chi connectivity index (χ2n) is 8.16. The van der Waals surface area contributed by atoms with E-state index < -0.39 is 10.2 Å². The SMILES string of the molecule is Cc1ccc(-c2c(-c3ccccc3)c(-c3ccccc3)[o+]c3ccc(C)cc23)cc1.[O-][Cl+3]([O-])([O-])[O-]. The number of hydrogen-bond acceptors (Lipinski definition) is 4. The van der Waals surface area contributed by atoms with Gasteiger partial charge in [-0.1, -0.05) is 78.4 Å². The first-order chi connectivity index (χ1) is 16.7. The first kappa shape index (κ1) is 24.5. The highest BCUT2D eigenvalue weighted by Gasteiger charge is 2.28. The molecule has 4 aromatic carbocycles. The Morgan fingerprint density at radius 1 is 0.543 bits per heavy atom. The van der Waals surface area contributed by atoms with E-state index in [1.165, 1.54) is 22.3 Å². The molecule has 0 unspecified atom stereocenters. The van der Waals surface area contributed by atoms with E-state index in [0.29, 0.717) is 0 Å². The fraction of sp³-hybridized carbons (Fsp3) is 0.0690. The van der Waals surface area contributed by atoms with E-state index in [1.54, 1.807) is 0 Å². The van der Waals surface area contributed by atoms with E-state index in [1.807, 2.05) is 6.07 Å². The van der Waals surface area contributed by atoms with Crippen molar-refractivity contribution >= 4 is 11.0 Å². The van der Waals surface area contributed by atoms with Crippen molar-refractivity contribution in [3.05, 3.63) is 114 Å². The Balaban J connectivity index is 0.000000527. The van der Waals surface area contributed by atoms with Crippen LogP contribution in [0.1, 0.15) is 11.1 Å². The van der Waals surface area contributed by atoms with Crippen LogP contribution in [0.3, 0.4) is 0 Å². The average molecular weight is 487 g/mol. The standard InChI is InChI=1S/C29H23O.ClHO4/c1-20-13-16-23(17-14-20)27-25-19-21(2)15-18-26(25)30-29(24-11-7-4-8-12-24)28(27)22-9-5-3-6-10-22;2-1(3,4)5/h3-19H,1-2H3;(H,2,3,4,5)/q+1;/p-1. The normalized spacial score (nSPS) is 11.1. The van der Waals surface area contributed by atoms with Gasteiger partial charge in [0, 0.05) is 11.6 Å². The van der Waals surface area contributed by atoms with Gasteiger partial charge >= 0.3 is 11.3 Å². The van der Waals surface area contributed by atoms with Gasteiger partial charge in [-0.25, -0.2) is 23.1 Å². The molecule has 35 heavy (non-hydrogen) atoms. The summed E-state index contributed by atoms with van der Waals surface area (Å²) < 4.78 is 40.5. The molecule has 0 fully saturated rings. The lowest BCUT2D eigenvalue weighted by Gasteiger charge is -2.17. The molecule has 1 aromatic heterocycles. The summed E-state index contributed by atoms with van der Waals surface area (Å²) in [4.78, 5) is 0. The second-order valence-corrected chi connectivity index (χ2v) is 8.91. The quantitative estimate of drug-likeness (QED) is 0.362. The maximum Gasteiger partial charge on any atom is 0.369 e. The van der Waals surface area contributed by atoms with E-state index in [0.717, 1.165) is 33.4 Å². The molecule has 0 N–H and O–H groups in total. The molecular weight excluding hydrogens is 464 g/mol. The highest BCUT2D eigenvalue weighted by Crippen LogP contribution is 2.44. The predicted octanol–water partition coefficient (Wildman–Crippen LogP) is 3.58. The molecule has 0 aliphatic rings. The first-order valence-corrected chi connectivity index (χ1v) is 12.1. The van der Waals surface area contributed by atoms with Crippen molar-refractivity contribution in [3.8, 4) is 33.6 Å². The first-order valence-electron chi connectivity index (χ1n) is 10.9. The summed E-state index contributed by atoms with van der Waals surface area (Å²) in [5.74, 6) is 0.897. The van der Waals surface area contributed by atoms with E-state index in [-0.39, 0.29) is 0 Å². The molecular formula is C29H23ClO5. The fourth-order valence-electron chi connectivity index (χ4n) is 4.03. The Hall–Kier alpha value is -3.58. The molecule has 0 aliphatic heterocycles. The van der Waals surface area contributed by atoms with E-state index in [9.17, 15) is 0 Å². The van der Waals surface area contributed by atoms with Gasteiger partial charge in [-0.15, -0.1) is 10.2 Å². The van der Waals surface area contributed by atoms with Gasteiger partial charge < -0.3 is 0 Å². The van der Waals surface area contributed by atoms with Gasteiger partial charge in [-0.3, -0.25) is 0 Å². The summed E-state index contributed by atoms with van der Waals surface area (Å²) in [6, 6.07) is 36.2. The maximum atomic E-state index is 8.49. The Kier molecular flexibility index (Phi) is 7.26. The van der Waals surface area contributed by atoms with Crippen LogP contribution < -0.4 is 18.6 Å². The Morgan fingerprint density at radius 3 is 1.60 bits per heavy atom. The van der Waals surface area contributed by atoms with Crippen molar-refractivity contribution in [2.75, 3.05) is 0 Å². The number of hydrogen-bond donors (Lipinski definition) is 0. The summed E-state index contributed by atoms with van der Waals surface area (Å²) >= 11 is 0. The molecule has 5 aromatic rings. The number of benzene rings is 4. The molecule has 0 saturated heterocycles. The molecule has 6 heteroatoms. The molecule has 0 bridgehead atoms. The van der Waals surface area contributed by atoms with Gasteiger partial charge in [0.2, 0.25) is 0 Å².